The maximum Gasteiger partial charge on any atom is 0.270 e. The van der Waals surface area contributed by atoms with Crippen molar-refractivity contribution in [2.45, 2.75) is 39.5 Å². The smallest absolute Gasteiger partial charge is 0.173 e. The zero-order valence-electron chi connectivity index (χ0n) is 18.5. The van der Waals surface area contributed by atoms with Gasteiger partial charge in [0.15, 0.2) is 0 Å². The Bertz CT molecular complexity index is 1190. The summed E-state index contributed by atoms with van der Waals surface area (Å²) in [6.07, 6.45) is 4.00. The maximum absolute atomic E-state index is 12.3. The van der Waals surface area contributed by atoms with Crippen molar-refractivity contribution in [3.63, 3.8) is 0 Å². The summed E-state index contributed by atoms with van der Waals surface area (Å²) in [5, 5.41) is 0. The van der Waals surface area contributed by atoms with Gasteiger partial charge in [0.25, 0.3) is 6.08 Å². The molecule has 0 nitrogen and oxygen atoms in total. The van der Waals surface area contributed by atoms with Crippen LogP contribution in [0.4, 0.5) is 8.78 Å². The molecule has 0 aliphatic carbocycles. The minimum Gasteiger partial charge on any atom is -0.173 e. The van der Waals surface area contributed by atoms with Crippen LogP contribution in [0.25, 0.3) is 6.08 Å². The molecule has 0 amide bonds. The molecule has 160 valence electrons. The van der Waals surface area contributed by atoms with Crippen LogP contribution in [-0.4, -0.2) is 0 Å². The number of hydrogen-bond donors (Lipinski definition) is 0. The van der Waals surface area contributed by atoms with E-state index in [4.69, 9.17) is 0 Å². The van der Waals surface area contributed by atoms with Gasteiger partial charge in [-0.15, -0.1) is 0 Å². The van der Waals surface area contributed by atoms with Crippen LogP contribution in [0.15, 0.2) is 72.8 Å². The fourth-order valence-corrected chi connectivity index (χ4v) is 3.29. The topological polar surface area (TPSA) is 0 Å². The molecule has 0 atom stereocenters. The molecule has 0 bridgehead atoms. The number of hydrogen-bond acceptors (Lipinski definition) is 0. The van der Waals surface area contributed by atoms with Crippen molar-refractivity contribution >= 4 is 6.08 Å². The molecular formula is C30H26F2. The summed E-state index contributed by atoms with van der Waals surface area (Å²) in [5.41, 5.74) is 6.55. The van der Waals surface area contributed by atoms with E-state index in [1.807, 2.05) is 25.1 Å². The Morgan fingerprint density at radius 3 is 1.97 bits per heavy atom. The highest BCUT2D eigenvalue weighted by atomic mass is 19.3. The van der Waals surface area contributed by atoms with Crippen molar-refractivity contribution in [3.05, 3.63) is 112 Å². The SMILES string of the molecule is CCCCCc1ccc(C#Cc2ccc(C#Cc3ccc(C=C(F)F)cc3)cc2C)cc1. The molecule has 0 heterocycles. The second-order valence-electron chi connectivity index (χ2n) is 7.74. The summed E-state index contributed by atoms with van der Waals surface area (Å²) in [6.45, 7) is 4.25. The Morgan fingerprint density at radius 1 is 0.750 bits per heavy atom. The van der Waals surface area contributed by atoms with Gasteiger partial charge in [-0.3, -0.25) is 0 Å². The van der Waals surface area contributed by atoms with Crippen LogP contribution in [0.2, 0.25) is 0 Å². The van der Waals surface area contributed by atoms with Gasteiger partial charge in [-0.2, -0.15) is 8.78 Å². The lowest BCUT2D eigenvalue weighted by Gasteiger charge is -2.01. The highest BCUT2D eigenvalue weighted by Gasteiger charge is 1.98. The predicted octanol–water partition coefficient (Wildman–Crippen LogP) is 7.76. The number of benzene rings is 3. The van der Waals surface area contributed by atoms with E-state index >= 15 is 0 Å². The van der Waals surface area contributed by atoms with Gasteiger partial charge in [-0.1, -0.05) is 67.7 Å². The zero-order chi connectivity index (χ0) is 22.8. The van der Waals surface area contributed by atoms with Crippen LogP contribution in [0, 0.1) is 30.6 Å². The average Bonchev–Trinajstić information content (AvgIpc) is 2.79. The third kappa shape index (κ3) is 7.26. The molecular weight excluding hydrogens is 398 g/mol. The molecule has 2 heteroatoms. The van der Waals surface area contributed by atoms with Gasteiger partial charge >= 0.3 is 0 Å². The molecule has 0 spiro atoms. The number of unbranched alkanes of at least 4 members (excludes halogenated alkanes) is 2. The Morgan fingerprint density at radius 2 is 1.34 bits per heavy atom. The average molecular weight is 425 g/mol. The van der Waals surface area contributed by atoms with E-state index < -0.39 is 6.08 Å². The largest absolute Gasteiger partial charge is 0.270 e. The molecule has 0 unspecified atom stereocenters. The minimum atomic E-state index is -1.71. The molecule has 0 radical (unpaired) electrons. The minimum absolute atomic E-state index is 0.459. The Balaban J connectivity index is 1.66. The van der Waals surface area contributed by atoms with E-state index in [0.717, 1.165) is 40.3 Å². The van der Waals surface area contributed by atoms with Crippen molar-refractivity contribution in [2.24, 2.45) is 0 Å². The normalized spacial score (nSPS) is 9.88. The van der Waals surface area contributed by atoms with Crippen LogP contribution in [0.3, 0.4) is 0 Å². The molecule has 3 aromatic rings. The Kier molecular flexibility index (Phi) is 8.42. The molecule has 0 saturated carbocycles. The van der Waals surface area contributed by atoms with Gasteiger partial charge in [-0.25, -0.2) is 0 Å². The summed E-state index contributed by atoms with van der Waals surface area (Å²) >= 11 is 0. The highest BCUT2D eigenvalue weighted by molar-refractivity contribution is 5.54. The van der Waals surface area contributed by atoms with Crippen LogP contribution < -0.4 is 0 Å². The fraction of sp³-hybridized carbons (Fsp3) is 0.200. The van der Waals surface area contributed by atoms with Crippen molar-refractivity contribution in [1.82, 2.24) is 0 Å². The third-order valence-electron chi connectivity index (χ3n) is 5.13. The predicted molar refractivity (Wildman–Crippen MR) is 129 cm³/mol. The van der Waals surface area contributed by atoms with E-state index in [1.54, 1.807) is 24.3 Å². The van der Waals surface area contributed by atoms with Crippen molar-refractivity contribution < 1.29 is 8.78 Å². The van der Waals surface area contributed by atoms with E-state index in [2.05, 4.69) is 54.9 Å². The third-order valence-corrected chi connectivity index (χ3v) is 5.13. The highest BCUT2D eigenvalue weighted by Crippen LogP contribution is 2.13. The lowest BCUT2D eigenvalue weighted by molar-refractivity contribution is 0.429. The summed E-state index contributed by atoms with van der Waals surface area (Å²) in [4.78, 5) is 0. The summed E-state index contributed by atoms with van der Waals surface area (Å²) in [5.74, 6) is 12.7. The lowest BCUT2D eigenvalue weighted by Crippen LogP contribution is -1.87. The maximum atomic E-state index is 12.3. The van der Waals surface area contributed by atoms with Gasteiger partial charge in [0.05, 0.1) is 0 Å². The van der Waals surface area contributed by atoms with Crippen molar-refractivity contribution in [3.8, 4) is 23.7 Å². The van der Waals surface area contributed by atoms with E-state index in [0.29, 0.717) is 5.56 Å². The van der Waals surface area contributed by atoms with E-state index in [-0.39, 0.29) is 0 Å². The number of aryl methyl sites for hydroxylation is 2. The Hall–Kier alpha value is -3.62. The second kappa shape index (κ2) is 11.7. The quantitative estimate of drug-likeness (QED) is 0.290. The van der Waals surface area contributed by atoms with Crippen molar-refractivity contribution in [2.75, 3.05) is 0 Å². The molecule has 0 fully saturated rings. The van der Waals surface area contributed by atoms with Gasteiger partial charge < -0.3 is 0 Å². The zero-order valence-corrected chi connectivity index (χ0v) is 18.5. The lowest BCUT2D eigenvalue weighted by atomic mass is 10.0. The molecule has 3 rings (SSSR count). The molecule has 0 saturated heterocycles. The summed E-state index contributed by atoms with van der Waals surface area (Å²) in [6, 6.07) is 21.2. The van der Waals surface area contributed by atoms with Gasteiger partial charge in [0.1, 0.15) is 0 Å². The molecule has 3 aromatic carbocycles. The fourth-order valence-electron chi connectivity index (χ4n) is 3.29. The van der Waals surface area contributed by atoms with E-state index in [9.17, 15) is 8.78 Å². The first-order valence-corrected chi connectivity index (χ1v) is 10.9. The monoisotopic (exact) mass is 424 g/mol. The summed E-state index contributed by atoms with van der Waals surface area (Å²) < 4.78 is 24.6. The van der Waals surface area contributed by atoms with Gasteiger partial charge in [0, 0.05) is 28.3 Å². The number of halogens is 2. The molecule has 32 heavy (non-hydrogen) atoms. The summed E-state index contributed by atoms with van der Waals surface area (Å²) in [7, 11) is 0. The van der Waals surface area contributed by atoms with Gasteiger partial charge in [0.2, 0.25) is 0 Å². The molecule has 0 aromatic heterocycles. The molecule has 0 N–H and O–H groups in total. The second-order valence-corrected chi connectivity index (χ2v) is 7.74. The van der Waals surface area contributed by atoms with Crippen LogP contribution in [-0.2, 0) is 6.42 Å². The first-order valence-electron chi connectivity index (χ1n) is 10.9. The Labute approximate surface area is 190 Å². The van der Waals surface area contributed by atoms with Gasteiger partial charge in [-0.05, 0) is 78.9 Å². The van der Waals surface area contributed by atoms with Crippen LogP contribution in [0.5, 0.6) is 0 Å². The first-order chi connectivity index (χ1) is 15.5. The van der Waals surface area contributed by atoms with Crippen LogP contribution in [0.1, 0.15) is 65.1 Å². The number of rotatable bonds is 5. The molecule has 0 aliphatic heterocycles. The van der Waals surface area contributed by atoms with Crippen molar-refractivity contribution in [1.29, 1.82) is 0 Å². The molecule has 0 aliphatic rings. The van der Waals surface area contributed by atoms with Crippen LogP contribution >= 0.6 is 0 Å². The standard InChI is InChI=1S/C30H26F2/c1-3-4-5-6-24-7-9-26(10-8-24)17-19-29-20-18-27(21-23(29)2)14-11-25-12-15-28(16-13-25)22-30(31)32/h7-10,12-13,15-16,18,20-22H,3-6H2,1-2H3. The first kappa shape index (κ1) is 23.1. The van der Waals surface area contributed by atoms with E-state index in [1.165, 1.54) is 24.8 Å².